The van der Waals surface area contributed by atoms with Gasteiger partial charge in [0.05, 0.1) is 12.6 Å². The number of carbonyl (C=O) groups is 4. The smallest absolute Gasteiger partial charge is 0.328 e. The number of aromatic nitrogens is 1. The number of hydrogen-bond acceptors (Lipinski definition) is 8. The van der Waals surface area contributed by atoms with Crippen LogP contribution in [0.1, 0.15) is 37.7 Å². The Balaban J connectivity index is 2.25. The second-order valence-corrected chi connectivity index (χ2v) is 9.61. The summed E-state index contributed by atoms with van der Waals surface area (Å²) in [4.78, 5) is 57.7. The van der Waals surface area contributed by atoms with Gasteiger partial charge >= 0.3 is 5.97 Å². The van der Waals surface area contributed by atoms with E-state index < -0.39 is 54.5 Å². The van der Waals surface area contributed by atoms with Gasteiger partial charge in [0.1, 0.15) is 18.1 Å². The average Bonchev–Trinajstić information content (AvgIpc) is 3.35. The molecule has 14 N–H and O–H groups in total. The molecule has 4 atom stereocenters. The predicted molar refractivity (Wildman–Crippen MR) is 153 cm³/mol. The lowest BCUT2D eigenvalue weighted by Crippen LogP contribution is -2.58. The molecule has 0 spiro atoms. The van der Waals surface area contributed by atoms with Crippen LogP contribution in [-0.4, -0.2) is 88.7 Å². The topological polar surface area (TPSA) is 277 Å². The van der Waals surface area contributed by atoms with Gasteiger partial charge in [-0.05, 0) is 50.3 Å². The van der Waals surface area contributed by atoms with E-state index in [0.717, 1.165) is 16.5 Å². The van der Waals surface area contributed by atoms with Gasteiger partial charge in [-0.2, -0.15) is 0 Å². The maximum absolute atomic E-state index is 13.5. The van der Waals surface area contributed by atoms with E-state index in [1.165, 1.54) is 0 Å². The van der Waals surface area contributed by atoms with Crippen LogP contribution in [0.15, 0.2) is 35.5 Å². The Hall–Kier alpha value is -4.21. The molecule has 1 heterocycles. The maximum Gasteiger partial charge on any atom is 0.328 e. The lowest BCUT2D eigenvalue weighted by Gasteiger charge is -2.25. The zero-order valence-corrected chi connectivity index (χ0v) is 22.8. The number of nitrogens with one attached hydrogen (secondary N) is 4. The van der Waals surface area contributed by atoms with Gasteiger partial charge in [0.25, 0.3) is 0 Å². The number of nitrogens with two attached hydrogens (primary N) is 4. The molecule has 41 heavy (non-hydrogen) atoms. The van der Waals surface area contributed by atoms with E-state index >= 15 is 0 Å². The number of aliphatic hydroxyl groups excluding tert-OH is 1. The Morgan fingerprint density at radius 1 is 0.902 bits per heavy atom. The number of H-pyrrole nitrogens is 1. The lowest BCUT2D eigenvalue weighted by atomic mass is 10.0. The third-order valence-electron chi connectivity index (χ3n) is 6.41. The Kier molecular flexibility index (Phi) is 13.5. The first kappa shape index (κ1) is 33.0. The van der Waals surface area contributed by atoms with Crippen molar-refractivity contribution in [2.24, 2.45) is 27.9 Å². The van der Waals surface area contributed by atoms with Crippen LogP contribution in [0, 0.1) is 0 Å². The molecule has 0 saturated heterocycles. The van der Waals surface area contributed by atoms with Crippen molar-refractivity contribution in [3.8, 4) is 0 Å². The second-order valence-electron chi connectivity index (χ2n) is 9.61. The summed E-state index contributed by atoms with van der Waals surface area (Å²) >= 11 is 0. The first-order valence-electron chi connectivity index (χ1n) is 13.4. The SMILES string of the molecule is NCCCCC(NC(=O)C(Cc1c[nH]c2ccccc12)NC(=O)C(N)CCCN=C(N)N)C(=O)NC(CO)C(=O)O. The number of carboxylic acids is 1. The number of carbonyl (C=O) groups excluding carboxylic acids is 3. The molecule has 0 fully saturated rings. The first-order valence-corrected chi connectivity index (χ1v) is 13.4. The molecule has 0 aliphatic carbocycles. The molecule has 0 radical (unpaired) electrons. The number of carboxylic acid groups (broad SMARTS) is 1. The zero-order chi connectivity index (χ0) is 30.4. The number of aromatic amines is 1. The number of benzene rings is 1. The van der Waals surface area contributed by atoms with Gasteiger partial charge in [-0.25, -0.2) is 4.79 Å². The standard InChI is InChI=1S/C26H41N9O6/c27-10-4-3-9-19(23(38)35-21(14-36)25(40)41)33-24(39)20(12-15-13-32-18-8-2-1-6-16(15)18)34-22(37)17(28)7-5-11-31-26(29)30/h1-2,6,8,13,17,19-21,32,36H,3-5,7,9-12,14,27-28H2,(H,33,39)(H,34,37)(H,35,38)(H,40,41)(H4,29,30,31). The molecule has 2 rings (SSSR count). The third kappa shape index (κ3) is 10.7. The molecule has 15 heteroatoms. The number of rotatable bonds is 18. The molecule has 0 saturated carbocycles. The van der Waals surface area contributed by atoms with Gasteiger partial charge in [-0.3, -0.25) is 19.4 Å². The van der Waals surface area contributed by atoms with Crippen LogP contribution in [0.25, 0.3) is 10.9 Å². The molecule has 226 valence electrons. The van der Waals surface area contributed by atoms with Crippen molar-refractivity contribution >= 4 is 40.6 Å². The monoisotopic (exact) mass is 575 g/mol. The summed E-state index contributed by atoms with van der Waals surface area (Å²) in [6.07, 6.45) is 3.68. The summed E-state index contributed by atoms with van der Waals surface area (Å²) in [6.45, 7) is -0.185. The third-order valence-corrected chi connectivity index (χ3v) is 6.41. The number of para-hydroxylation sites is 1. The number of nitrogens with zero attached hydrogens (tertiary/aromatic N) is 1. The molecule has 15 nitrogen and oxygen atoms in total. The summed E-state index contributed by atoms with van der Waals surface area (Å²) in [5.41, 5.74) is 23.8. The van der Waals surface area contributed by atoms with Crippen LogP contribution < -0.4 is 38.9 Å². The van der Waals surface area contributed by atoms with Crippen molar-refractivity contribution in [3.05, 3.63) is 36.0 Å². The van der Waals surface area contributed by atoms with Gasteiger partial charge in [0, 0.05) is 30.1 Å². The van der Waals surface area contributed by atoms with Crippen LogP contribution in [0.2, 0.25) is 0 Å². The highest BCUT2D eigenvalue weighted by atomic mass is 16.4. The van der Waals surface area contributed by atoms with E-state index in [0.29, 0.717) is 25.8 Å². The minimum atomic E-state index is -1.55. The van der Waals surface area contributed by atoms with E-state index in [4.69, 9.17) is 22.9 Å². The molecular weight excluding hydrogens is 534 g/mol. The number of aliphatic imine (C=N–C) groups is 1. The molecule has 4 unspecified atom stereocenters. The largest absolute Gasteiger partial charge is 0.480 e. The second kappa shape index (κ2) is 16.8. The number of aliphatic carboxylic acids is 1. The highest BCUT2D eigenvalue weighted by Gasteiger charge is 2.30. The molecule has 0 aliphatic heterocycles. The van der Waals surface area contributed by atoms with Crippen LogP contribution in [0.4, 0.5) is 0 Å². The molecule has 3 amide bonds. The predicted octanol–water partition coefficient (Wildman–Crippen LogP) is -2.25. The van der Waals surface area contributed by atoms with Gasteiger partial charge in [0.2, 0.25) is 17.7 Å². The van der Waals surface area contributed by atoms with E-state index in [-0.39, 0.29) is 31.8 Å². The van der Waals surface area contributed by atoms with Crippen LogP contribution in [-0.2, 0) is 25.6 Å². The summed E-state index contributed by atoms with van der Waals surface area (Å²) in [6, 6.07) is 2.69. The maximum atomic E-state index is 13.5. The molecule has 1 aromatic carbocycles. The molecule has 2 aromatic rings. The Labute approximate surface area is 237 Å². The van der Waals surface area contributed by atoms with Crippen molar-refractivity contribution < 1.29 is 29.4 Å². The summed E-state index contributed by atoms with van der Waals surface area (Å²) < 4.78 is 0. The lowest BCUT2D eigenvalue weighted by molar-refractivity contribution is -0.143. The molecule has 0 bridgehead atoms. The van der Waals surface area contributed by atoms with Crippen molar-refractivity contribution in [1.82, 2.24) is 20.9 Å². The van der Waals surface area contributed by atoms with Gasteiger partial charge in [-0.1, -0.05) is 18.2 Å². The molecule has 0 aliphatic rings. The minimum absolute atomic E-state index is 0.0720. The van der Waals surface area contributed by atoms with Crippen LogP contribution >= 0.6 is 0 Å². The summed E-state index contributed by atoms with van der Waals surface area (Å²) in [7, 11) is 0. The number of guanidine groups is 1. The van der Waals surface area contributed by atoms with Crippen molar-refractivity contribution in [3.63, 3.8) is 0 Å². The zero-order valence-electron chi connectivity index (χ0n) is 22.8. The quantitative estimate of drug-likeness (QED) is 0.0518. The Morgan fingerprint density at radius 3 is 2.22 bits per heavy atom. The van der Waals surface area contributed by atoms with Crippen molar-refractivity contribution in [1.29, 1.82) is 0 Å². The summed E-state index contributed by atoms with van der Waals surface area (Å²) in [5, 5.41) is 26.9. The number of hydrogen-bond donors (Lipinski definition) is 10. The van der Waals surface area contributed by atoms with Gasteiger partial charge in [-0.15, -0.1) is 0 Å². The number of aliphatic hydroxyl groups is 1. The number of fused-ring (bicyclic) bond motifs is 1. The normalized spacial score (nSPS) is 13.9. The van der Waals surface area contributed by atoms with Gasteiger partial charge < -0.3 is 54.1 Å². The van der Waals surface area contributed by atoms with Crippen LogP contribution in [0.5, 0.6) is 0 Å². The average molecular weight is 576 g/mol. The number of amides is 3. The fraction of sp³-hybridized carbons (Fsp3) is 0.500. The fourth-order valence-electron chi connectivity index (χ4n) is 4.15. The highest BCUT2D eigenvalue weighted by Crippen LogP contribution is 2.19. The number of unbranched alkanes of at least 4 members (excludes halogenated alkanes) is 1. The summed E-state index contributed by atoms with van der Waals surface area (Å²) in [5.74, 6) is -3.53. The van der Waals surface area contributed by atoms with E-state index in [1.807, 2.05) is 24.3 Å². The first-order chi connectivity index (χ1) is 19.6. The van der Waals surface area contributed by atoms with Crippen molar-refractivity contribution in [2.75, 3.05) is 19.7 Å². The van der Waals surface area contributed by atoms with E-state index in [2.05, 4.69) is 25.9 Å². The molecule has 1 aromatic heterocycles. The van der Waals surface area contributed by atoms with E-state index in [9.17, 15) is 29.4 Å². The van der Waals surface area contributed by atoms with Crippen LogP contribution in [0.3, 0.4) is 0 Å². The highest BCUT2D eigenvalue weighted by molar-refractivity contribution is 5.95. The molecular formula is C26H41N9O6. The Morgan fingerprint density at radius 2 is 1.56 bits per heavy atom. The van der Waals surface area contributed by atoms with Gasteiger partial charge in [0.15, 0.2) is 5.96 Å². The fourth-order valence-corrected chi connectivity index (χ4v) is 4.15. The van der Waals surface area contributed by atoms with E-state index in [1.54, 1.807) is 6.20 Å². The minimum Gasteiger partial charge on any atom is -0.480 e. The Bertz CT molecular complexity index is 1200. The van der Waals surface area contributed by atoms with Crippen molar-refractivity contribution in [2.45, 2.75) is 62.7 Å².